The van der Waals surface area contributed by atoms with Crippen LogP contribution in [0.3, 0.4) is 0 Å². The van der Waals surface area contributed by atoms with Gasteiger partial charge in [0.2, 0.25) is 10.0 Å². The second-order valence-electron chi connectivity index (χ2n) is 4.98. The first kappa shape index (κ1) is 15.4. The Labute approximate surface area is 121 Å². The van der Waals surface area contributed by atoms with Crippen LogP contribution in [0.15, 0.2) is 16.3 Å². The summed E-state index contributed by atoms with van der Waals surface area (Å²) in [4.78, 5) is 11.1. The molecule has 6 nitrogen and oxygen atoms in total. The minimum absolute atomic E-state index is 0.132. The predicted octanol–water partition coefficient (Wildman–Crippen LogP) is 0.814. The summed E-state index contributed by atoms with van der Waals surface area (Å²) in [5.41, 5.74) is 0. The third kappa shape index (κ3) is 4.02. The van der Waals surface area contributed by atoms with Crippen LogP contribution in [0.2, 0.25) is 0 Å². The van der Waals surface area contributed by atoms with Crippen LogP contribution in [0.4, 0.5) is 0 Å². The fraction of sp³-hybridized carbons (Fsp3) is 0.583. The van der Waals surface area contributed by atoms with E-state index in [1.54, 1.807) is 0 Å². The second-order valence-corrected chi connectivity index (χ2v) is 8.14. The standard InChI is InChI=1S/C12H17NO5S2/c14-9-2-1-8(5-9)7-13-20(17,18)12-4-3-10(19-12)6-11(15)16/h3-4,8-9,13-14H,1-2,5-7H2,(H,15,16). The molecule has 0 saturated heterocycles. The summed E-state index contributed by atoms with van der Waals surface area (Å²) < 4.78 is 26.8. The molecule has 0 amide bonds. The highest BCUT2D eigenvalue weighted by Gasteiger charge is 2.25. The number of aliphatic hydroxyl groups is 1. The van der Waals surface area contributed by atoms with Gasteiger partial charge in [-0.15, -0.1) is 11.3 Å². The Morgan fingerprint density at radius 3 is 2.75 bits per heavy atom. The third-order valence-corrected chi connectivity index (χ3v) is 6.30. The van der Waals surface area contributed by atoms with Crippen molar-refractivity contribution in [3.8, 4) is 0 Å². The van der Waals surface area contributed by atoms with Crippen molar-refractivity contribution >= 4 is 27.3 Å². The van der Waals surface area contributed by atoms with E-state index in [-0.39, 0.29) is 22.7 Å². The van der Waals surface area contributed by atoms with E-state index in [1.807, 2.05) is 0 Å². The highest BCUT2D eigenvalue weighted by molar-refractivity contribution is 7.91. The minimum atomic E-state index is -3.59. The van der Waals surface area contributed by atoms with Gasteiger partial charge in [0, 0.05) is 11.4 Å². The van der Waals surface area contributed by atoms with E-state index in [0.717, 1.165) is 17.8 Å². The van der Waals surface area contributed by atoms with Gasteiger partial charge in [-0.1, -0.05) is 0 Å². The molecule has 0 radical (unpaired) electrons. The summed E-state index contributed by atoms with van der Waals surface area (Å²) in [7, 11) is -3.59. The maximum atomic E-state index is 12.1. The molecular weight excluding hydrogens is 302 g/mol. The molecular formula is C12H17NO5S2. The van der Waals surface area contributed by atoms with Gasteiger partial charge in [0.15, 0.2) is 0 Å². The van der Waals surface area contributed by atoms with E-state index >= 15 is 0 Å². The van der Waals surface area contributed by atoms with E-state index in [9.17, 15) is 18.3 Å². The first-order chi connectivity index (χ1) is 9.37. The molecule has 1 fully saturated rings. The van der Waals surface area contributed by atoms with Gasteiger partial charge < -0.3 is 10.2 Å². The summed E-state index contributed by atoms with van der Waals surface area (Å²) in [5, 5.41) is 18.1. The van der Waals surface area contributed by atoms with Gasteiger partial charge in [-0.05, 0) is 37.3 Å². The lowest BCUT2D eigenvalue weighted by Crippen LogP contribution is -2.28. The summed E-state index contributed by atoms with van der Waals surface area (Å²) in [5.74, 6) is -0.818. The summed E-state index contributed by atoms with van der Waals surface area (Å²) in [6, 6.07) is 2.95. The fourth-order valence-electron chi connectivity index (χ4n) is 2.28. The summed E-state index contributed by atoms with van der Waals surface area (Å²) >= 11 is 0.971. The number of thiophene rings is 1. The van der Waals surface area contributed by atoms with Crippen molar-refractivity contribution in [3.63, 3.8) is 0 Å². The molecule has 1 aliphatic rings. The third-order valence-electron chi connectivity index (χ3n) is 3.30. The molecule has 3 N–H and O–H groups in total. The van der Waals surface area contributed by atoms with Gasteiger partial charge in [-0.2, -0.15) is 0 Å². The molecule has 1 saturated carbocycles. The van der Waals surface area contributed by atoms with Gasteiger partial charge in [0.05, 0.1) is 12.5 Å². The molecule has 0 aliphatic heterocycles. The van der Waals surface area contributed by atoms with Crippen LogP contribution in [-0.4, -0.2) is 37.2 Å². The van der Waals surface area contributed by atoms with Gasteiger partial charge in [0.1, 0.15) is 4.21 Å². The first-order valence-corrected chi connectivity index (χ1v) is 8.65. The zero-order valence-electron chi connectivity index (χ0n) is 10.8. The van der Waals surface area contributed by atoms with Crippen LogP contribution < -0.4 is 4.72 Å². The molecule has 0 aromatic carbocycles. The molecule has 1 heterocycles. The number of hydrogen-bond acceptors (Lipinski definition) is 5. The summed E-state index contributed by atoms with van der Waals surface area (Å²) in [6.45, 7) is 0.311. The molecule has 20 heavy (non-hydrogen) atoms. The lowest BCUT2D eigenvalue weighted by Gasteiger charge is -2.10. The molecule has 0 bridgehead atoms. The van der Waals surface area contributed by atoms with E-state index < -0.39 is 16.0 Å². The molecule has 8 heteroatoms. The zero-order valence-corrected chi connectivity index (χ0v) is 12.4. The number of sulfonamides is 1. The van der Waals surface area contributed by atoms with Gasteiger partial charge in [0.25, 0.3) is 0 Å². The number of nitrogens with one attached hydrogen (secondary N) is 1. The monoisotopic (exact) mass is 319 g/mol. The Hall–Kier alpha value is -0.960. The summed E-state index contributed by atoms with van der Waals surface area (Å²) in [6.07, 6.45) is 1.66. The number of carbonyl (C=O) groups is 1. The largest absolute Gasteiger partial charge is 0.481 e. The van der Waals surface area contributed by atoms with Crippen LogP contribution in [0, 0.1) is 5.92 Å². The van der Waals surface area contributed by atoms with Gasteiger partial charge in [-0.25, -0.2) is 13.1 Å². The number of carboxylic acid groups (broad SMARTS) is 1. The van der Waals surface area contributed by atoms with Crippen molar-refractivity contribution in [1.29, 1.82) is 0 Å². The SMILES string of the molecule is O=C(O)Cc1ccc(S(=O)(=O)NCC2CCC(O)C2)s1. The van der Waals surface area contributed by atoms with E-state index in [2.05, 4.69) is 4.72 Å². The second kappa shape index (κ2) is 6.21. The Morgan fingerprint density at radius 1 is 1.40 bits per heavy atom. The van der Waals surface area contributed by atoms with Crippen LogP contribution in [-0.2, 0) is 21.2 Å². The van der Waals surface area contributed by atoms with Gasteiger partial charge in [-0.3, -0.25) is 4.79 Å². The number of aliphatic hydroxyl groups excluding tert-OH is 1. The van der Waals surface area contributed by atoms with Crippen molar-refractivity contribution < 1.29 is 23.4 Å². The number of aliphatic carboxylic acids is 1. The molecule has 1 aliphatic carbocycles. The van der Waals surface area contributed by atoms with Crippen LogP contribution in [0.5, 0.6) is 0 Å². The Bertz CT molecular complexity index is 580. The Morgan fingerprint density at radius 2 is 2.15 bits per heavy atom. The normalized spacial score (nSPS) is 23.1. The Kier molecular flexibility index (Phi) is 4.79. The molecule has 112 valence electrons. The number of hydrogen-bond donors (Lipinski definition) is 3. The molecule has 1 aromatic rings. The topological polar surface area (TPSA) is 104 Å². The van der Waals surface area contributed by atoms with Crippen molar-refractivity contribution in [2.75, 3.05) is 6.54 Å². The molecule has 2 atom stereocenters. The molecule has 0 spiro atoms. The average molecular weight is 319 g/mol. The van der Waals surface area contributed by atoms with Crippen molar-refractivity contribution in [2.24, 2.45) is 5.92 Å². The zero-order chi connectivity index (χ0) is 14.8. The first-order valence-electron chi connectivity index (χ1n) is 6.35. The fourth-order valence-corrected chi connectivity index (χ4v) is 4.79. The van der Waals surface area contributed by atoms with Crippen LogP contribution in [0.25, 0.3) is 0 Å². The number of rotatable bonds is 6. The highest BCUT2D eigenvalue weighted by Crippen LogP contribution is 2.26. The molecule has 2 rings (SSSR count). The lowest BCUT2D eigenvalue weighted by molar-refractivity contribution is -0.136. The maximum absolute atomic E-state index is 12.1. The van der Waals surface area contributed by atoms with E-state index in [1.165, 1.54) is 12.1 Å². The highest BCUT2D eigenvalue weighted by atomic mass is 32.2. The lowest BCUT2D eigenvalue weighted by atomic mass is 10.1. The van der Waals surface area contributed by atoms with Crippen LogP contribution >= 0.6 is 11.3 Å². The van der Waals surface area contributed by atoms with E-state index in [0.29, 0.717) is 24.3 Å². The average Bonchev–Trinajstić information content (AvgIpc) is 2.95. The Balaban J connectivity index is 1.95. The van der Waals surface area contributed by atoms with Crippen molar-refractivity contribution in [1.82, 2.24) is 4.72 Å². The van der Waals surface area contributed by atoms with E-state index in [4.69, 9.17) is 5.11 Å². The quantitative estimate of drug-likeness (QED) is 0.720. The van der Waals surface area contributed by atoms with Crippen molar-refractivity contribution in [3.05, 3.63) is 17.0 Å². The van der Waals surface area contributed by atoms with Gasteiger partial charge >= 0.3 is 5.97 Å². The maximum Gasteiger partial charge on any atom is 0.308 e. The predicted molar refractivity (Wildman–Crippen MR) is 74.2 cm³/mol. The minimum Gasteiger partial charge on any atom is -0.481 e. The van der Waals surface area contributed by atoms with Crippen LogP contribution in [0.1, 0.15) is 24.1 Å². The molecule has 2 unspecified atom stereocenters. The number of carboxylic acids is 1. The van der Waals surface area contributed by atoms with Crippen molar-refractivity contribution in [2.45, 2.75) is 36.0 Å². The smallest absolute Gasteiger partial charge is 0.308 e. The molecule has 1 aromatic heterocycles.